The summed E-state index contributed by atoms with van der Waals surface area (Å²) in [5.41, 5.74) is 0.969. The zero-order chi connectivity index (χ0) is 9.07. The van der Waals surface area contributed by atoms with Gasteiger partial charge >= 0.3 is 0 Å². The van der Waals surface area contributed by atoms with Crippen molar-refractivity contribution in [3.63, 3.8) is 0 Å². The summed E-state index contributed by atoms with van der Waals surface area (Å²) in [6.45, 7) is 7.14. The molecule has 11 heavy (non-hydrogen) atoms. The van der Waals surface area contributed by atoms with Crippen molar-refractivity contribution in [2.24, 2.45) is 5.41 Å². The Labute approximate surface area is 67.5 Å². The topological polar surface area (TPSA) is 40.9 Å². The second kappa shape index (κ2) is 3.34. The molecule has 0 aliphatic heterocycles. The monoisotopic (exact) mass is 151 g/mol. The van der Waals surface area contributed by atoms with Gasteiger partial charge in [-0.3, -0.25) is 4.79 Å². The van der Waals surface area contributed by atoms with Gasteiger partial charge in [0.05, 0.1) is 11.5 Å². The Balaban J connectivity index is 4.91. The number of allylic oxidation sites excluding steroid dienone is 2. The molecule has 2 nitrogen and oxygen atoms in total. The molecule has 0 bridgehead atoms. The fourth-order valence-corrected chi connectivity index (χ4v) is 0.665. The van der Waals surface area contributed by atoms with Crippen LogP contribution in [-0.2, 0) is 4.79 Å². The summed E-state index contributed by atoms with van der Waals surface area (Å²) in [5.74, 6) is 0. The molecule has 0 amide bonds. The van der Waals surface area contributed by atoms with Gasteiger partial charge in [0.25, 0.3) is 0 Å². The van der Waals surface area contributed by atoms with Gasteiger partial charge in [-0.25, -0.2) is 0 Å². The van der Waals surface area contributed by atoms with Gasteiger partial charge in [-0.1, -0.05) is 0 Å². The maximum absolute atomic E-state index is 10.3. The normalized spacial score (nSPS) is 13.4. The molecule has 0 N–H and O–H groups in total. The average Bonchev–Trinajstić information content (AvgIpc) is 2.01. The molecular weight excluding hydrogens is 138 g/mol. The zero-order valence-corrected chi connectivity index (χ0v) is 7.43. The molecule has 0 unspecified atom stereocenters. The summed E-state index contributed by atoms with van der Waals surface area (Å²) in [6.07, 6.45) is 0.786. The fourth-order valence-electron chi connectivity index (χ4n) is 0.665. The third-order valence-electron chi connectivity index (χ3n) is 1.99. The maximum atomic E-state index is 10.3. The number of hydrogen-bond acceptors (Lipinski definition) is 2. The largest absolute Gasteiger partial charge is 0.298 e. The van der Waals surface area contributed by atoms with E-state index in [1.807, 2.05) is 6.92 Å². The van der Waals surface area contributed by atoms with Crippen molar-refractivity contribution in [3.8, 4) is 6.07 Å². The number of aldehydes is 1. The van der Waals surface area contributed by atoms with E-state index in [9.17, 15) is 4.79 Å². The number of carbonyl (C=O) groups excluding carboxylic acids is 1. The predicted octanol–water partition coefficient (Wildman–Crippen LogP) is 2.07. The molecule has 0 saturated heterocycles. The number of hydrogen-bond donors (Lipinski definition) is 0. The van der Waals surface area contributed by atoms with E-state index < -0.39 is 5.41 Å². The summed E-state index contributed by atoms with van der Waals surface area (Å²) >= 11 is 0. The first kappa shape index (κ1) is 9.90. The second-order valence-corrected chi connectivity index (χ2v) is 3.16. The molecule has 0 fully saturated rings. The van der Waals surface area contributed by atoms with E-state index in [1.54, 1.807) is 20.8 Å². The van der Waals surface area contributed by atoms with Gasteiger partial charge in [0.15, 0.2) is 0 Å². The molecule has 60 valence electrons. The van der Waals surface area contributed by atoms with E-state index in [1.165, 1.54) is 0 Å². The molecular formula is C9H13NO. The summed E-state index contributed by atoms with van der Waals surface area (Å²) in [5, 5.41) is 8.71. The lowest BCUT2D eigenvalue weighted by Crippen LogP contribution is -2.11. The fraction of sp³-hybridized carbons (Fsp3) is 0.556. The molecule has 0 aromatic carbocycles. The molecule has 2 heteroatoms. The molecule has 0 aromatic rings. The van der Waals surface area contributed by atoms with Gasteiger partial charge in [-0.15, -0.1) is 0 Å². The molecule has 0 saturated carbocycles. The SMILES string of the molecule is CC(C=O)=C(C)C(C)(C)C#N. The Morgan fingerprint density at radius 2 is 1.91 bits per heavy atom. The first-order chi connectivity index (χ1) is 4.95. The first-order valence-electron chi connectivity index (χ1n) is 3.50. The van der Waals surface area contributed by atoms with Crippen molar-refractivity contribution in [3.05, 3.63) is 11.1 Å². The molecule has 0 atom stereocenters. The lowest BCUT2D eigenvalue weighted by atomic mass is 9.84. The van der Waals surface area contributed by atoms with Crippen LogP contribution in [0.25, 0.3) is 0 Å². The molecule has 0 spiro atoms. The van der Waals surface area contributed by atoms with Crippen LogP contribution in [0.3, 0.4) is 0 Å². The average molecular weight is 151 g/mol. The Morgan fingerprint density at radius 3 is 2.18 bits per heavy atom. The molecule has 0 heterocycles. The maximum Gasteiger partial charge on any atom is 0.145 e. The number of nitrogens with zero attached hydrogens (tertiary/aromatic N) is 1. The van der Waals surface area contributed by atoms with Crippen LogP contribution in [0.5, 0.6) is 0 Å². The van der Waals surface area contributed by atoms with E-state index in [2.05, 4.69) is 6.07 Å². The van der Waals surface area contributed by atoms with Crippen molar-refractivity contribution >= 4 is 6.29 Å². The molecule has 0 aliphatic rings. The van der Waals surface area contributed by atoms with Gasteiger partial charge in [0, 0.05) is 0 Å². The van der Waals surface area contributed by atoms with E-state index in [0.717, 1.165) is 11.9 Å². The van der Waals surface area contributed by atoms with Gasteiger partial charge in [-0.2, -0.15) is 5.26 Å². The first-order valence-corrected chi connectivity index (χ1v) is 3.50. The number of carbonyl (C=O) groups is 1. The number of rotatable bonds is 2. The van der Waals surface area contributed by atoms with Crippen molar-refractivity contribution < 1.29 is 4.79 Å². The van der Waals surface area contributed by atoms with Crippen LogP contribution >= 0.6 is 0 Å². The van der Waals surface area contributed by atoms with Crippen LogP contribution in [0, 0.1) is 16.7 Å². The van der Waals surface area contributed by atoms with Crippen molar-refractivity contribution in [2.45, 2.75) is 27.7 Å². The Hall–Kier alpha value is -1.10. The van der Waals surface area contributed by atoms with Crippen LogP contribution in [0.2, 0.25) is 0 Å². The summed E-state index contributed by atoms with van der Waals surface area (Å²) in [7, 11) is 0. The van der Waals surface area contributed by atoms with E-state index in [-0.39, 0.29) is 0 Å². The highest BCUT2D eigenvalue weighted by molar-refractivity contribution is 5.74. The summed E-state index contributed by atoms with van der Waals surface area (Å²) < 4.78 is 0. The standard InChI is InChI=1S/C9H13NO/c1-7(5-11)8(2)9(3,4)6-10/h5H,1-4H3. The Morgan fingerprint density at radius 1 is 1.45 bits per heavy atom. The van der Waals surface area contributed by atoms with Gasteiger partial charge in [0.1, 0.15) is 6.29 Å². The minimum absolute atomic E-state index is 0.523. The Kier molecular flexibility index (Phi) is 3.00. The van der Waals surface area contributed by atoms with Crippen molar-refractivity contribution in [1.29, 1.82) is 5.26 Å². The Bertz CT molecular complexity index is 230. The van der Waals surface area contributed by atoms with Crippen LogP contribution < -0.4 is 0 Å². The van der Waals surface area contributed by atoms with E-state index in [4.69, 9.17) is 5.26 Å². The lowest BCUT2D eigenvalue weighted by Gasteiger charge is -2.16. The van der Waals surface area contributed by atoms with Crippen LogP contribution in [0.1, 0.15) is 27.7 Å². The predicted molar refractivity (Wildman–Crippen MR) is 43.8 cm³/mol. The second-order valence-electron chi connectivity index (χ2n) is 3.16. The molecule has 0 rings (SSSR count). The highest BCUT2D eigenvalue weighted by Gasteiger charge is 2.20. The highest BCUT2D eigenvalue weighted by atomic mass is 16.1. The molecule has 0 aliphatic carbocycles. The quantitative estimate of drug-likeness (QED) is 0.447. The van der Waals surface area contributed by atoms with E-state index in [0.29, 0.717) is 5.57 Å². The zero-order valence-electron chi connectivity index (χ0n) is 7.43. The van der Waals surface area contributed by atoms with Crippen LogP contribution in [0.4, 0.5) is 0 Å². The van der Waals surface area contributed by atoms with Gasteiger partial charge in [0.2, 0.25) is 0 Å². The van der Waals surface area contributed by atoms with Crippen molar-refractivity contribution in [2.75, 3.05) is 0 Å². The number of nitriles is 1. The molecule has 0 aromatic heterocycles. The molecule has 0 radical (unpaired) electrons. The van der Waals surface area contributed by atoms with E-state index >= 15 is 0 Å². The minimum Gasteiger partial charge on any atom is -0.298 e. The lowest BCUT2D eigenvalue weighted by molar-refractivity contribution is -0.104. The van der Waals surface area contributed by atoms with Gasteiger partial charge < -0.3 is 0 Å². The third kappa shape index (κ3) is 2.19. The smallest absolute Gasteiger partial charge is 0.145 e. The van der Waals surface area contributed by atoms with Crippen LogP contribution in [0.15, 0.2) is 11.1 Å². The van der Waals surface area contributed by atoms with Crippen molar-refractivity contribution in [1.82, 2.24) is 0 Å². The minimum atomic E-state index is -0.523. The van der Waals surface area contributed by atoms with Crippen LogP contribution in [-0.4, -0.2) is 6.29 Å². The highest BCUT2D eigenvalue weighted by Crippen LogP contribution is 2.26. The third-order valence-corrected chi connectivity index (χ3v) is 1.99. The summed E-state index contributed by atoms with van der Waals surface area (Å²) in [6, 6.07) is 2.14. The van der Waals surface area contributed by atoms with Gasteiger partial charge in [-0.05, 0) is 38.8 Å². The summed E-state index contributed by atoms with van der Waals surface area (Å²) in [4.78, 5) is 10.3.